The average Bonchev–Trinajstić information content (AvgIpc) is 2.87. The zero-order valence-corrected chi connectivity index (χ0v) is 11.9. The van der Waals surface area contributed by atoms with Gasteiger partial charge in [0.1, 0.15) is 5.82 Å². The Morgan fingerprint density at radius 2 is 2.19 bits per heavy atom. The highest BCUT2D eigenvalue weighted by atomic mass is 16.3. The molecule has 1 atom stereocenters. The molecule has 0 fully saturated rings. The smallest absolute Gasteiger partial charge is 0.165 e. The molecule has 7 nitrogen and oxygen atoms in total. The molecule has 3 rings (SSSR count). The second-order valence-corrected chi connectivity index (χ2v) is 4.87. The van der Waals surface area contributed by atoms with Crippen molar-refractivity contribution >= 4 is 16.9 Å². The number of aromatic nitrogens is 5. The van der Waals surface area contributed by atoms with Crippen LogP contribution in [0.2, 0.25) is 0 Å². The molecule has 0 amide bonds. The van der Waals surface area contributed by atoms with Gasteiger partial charge in [-0.1, -0.05) is 0 Å². The number of aryl methyl sites for hydroxylation is 1. The number of nitrogens with one attached hydrogen (secondary N) is 1. The Labute approximate surface area is 121 Å². The maximum absolute atomic E-state index is 9.44. The van der Waals surface area contributed by atoms with E-state index >= 15 is 0 Å². The summed E-state index contributed by atoms with van der Waals surface area (Å²) in [5, 5.41) is 17.6. The first kappa shape index (κ1) is 13.4. The Morgan fingerprint density at radius 3 is 2.90 bits per heavy atom. The Bertz CT molecular complexity index is 753. The lowest BCUT2D eigenvalue weighted by molar-refractivity contribution is 0.208. The van der Waals surface area contributed by atoms with E-state index in [4.69, 9.17) is 0 Å². The van der Waals surface area contributed by atoms with Crippen molar-refractivity contribution in [1.29, 1.82) is 0 Å². The van der Waals surface area contributed by atoms with Gasteiger partial charge in [0.2, 0.25) is 0 Å². The van der Waals surface area contributed by atoms with Crippen molar-refractivity contribution in [3.05, 3.63) is 30.7 Å². The van der Waals surface area contributed by atoms with Gasteiger partial charge in [-0.25, -0.2) is 9.97 Å². The molecule has 3 heterocycles. The first-order valence-corrected chi connectivity index (χ1v) is 6.67. The molecule has 0 saturated heterocycles. The van der Waals surface area contributed by atoms with Gasteiger partial charge in [0, 0.05) is 31.5 Å². The number of hydrogen-bond acceptors (Lipinski definition) is 6. The molecule has 0 aliphatic rings. The molecule has 108 valence electrons. The normalized spacial score (nSPS) is 12.5. The quantitative estimate of drug-likeness (QED) is 0.749. The standard InChI is InChI=1S/C14H16N6O/c1-9(21)6-16-13-11-8-17-20(2)14(11)19-12(18-13)10-4-3-5-15-7-10/h3-5,7-9,21H,6H2,1-2H3,(H,16,18,19)/t9-/m0/s1. The third-order valence-corrected chi connectivity index (χ3v) is 3.08. The van der Waals surface area contributed by atoms with Crippen molar-refractivity contribution in [3.8, 4) is 11.4 Å². The third-order valence-electron chi connectivity index (χ3n) is 3.08. The minimum Gasteiger partial charge on any atom is -0.392 e. The SMILES string of the molecule is C[C@H](O)CNc1nc(-c2cccnc2)nc2c1cnn2C. The number of anilines is 1. The van der Waals surface area contributed by atoms with Crippen LogP contribution in [0.3, 0.4) is 0 Å². The lowest BCUT2D eigenvalue weighted by Gasteiger charge is -2.10. The molecule has 21 heavy (non-hydrogen) atoms. The van der Waals surface area contributed by atoms with Crippen LogP contribution in [-0.4, -0.2) is 42.5 Å². The summed E-state index contributed by atoms with van der Waals surface area (Å²) >= 11 is 0. The highest BCUT2D eigenvalue weighted by Crippen LogP contribution is 2.23. The van der Waals surface area contributed by atoms with Crippen LogP contribution in [0.25, 0.3) is 22.4 Å². The first-order chi connectivity index (χ1) is 10.1. The van der Waals surface area contributed by atoms with Gasteiger partial charge < -0.3 is 10.4 Å². The fourth-order valence-electron chi connectivity index (χ4n) is 2.03. The zero-order valence-electron chi connectivity index (χ0n) is 11.9. The molecule has 3 aromatic heterocycles. The maximum Gasteiger partial charge on any atom is 0.165 e. The van der Waals surface area contributed by atoms with Crippen molar-refractivity contribution in [1.82, 2.24) is 24.7 Å². The van der Waals surface area contributed by atoms with Gasteiger partial charge in [-0.2, -0.15) is 5.10 Å². The van der Waals surface area contributed by atoms with Crippen molar-refractivity contribution in [2.45, 2.75) is 13.0 Å². The van der Waals surface area contributed by atoms with Crippen LogP contribution in [0.15, 0.2) is 30.7 Å². The molecule has 3 aromatic rings. The predicted molar refractivity (Wildman–Crippen MR) is 79.7 cm³/mol. The maximum atomic E-state index is 9.44. The van der Waals surface area contributed by atoms with E-state index in [1.165, 1.54) is 0 Å². The van der Waals surface area contributed by atoms with Crippen molar-refractivity contribution in [3.63, 3.8) is 0 Å². The molecule has 0 aliphatic carbocycles. The Morgan fingerprint density at radius 1 is 1.33 bits per heavy atom. The average molecular weight is 284 g/mol. The van der Waals surface area contributed by atoms with Gasteiger partial charge in [0.05, 0.1) is 17.7 Å². The number of fused-ring (bicyclic) bond motifs is 1. The fraction of sp³-hybridized carbons (Fsp3) is 0.286. The van der Waals surface area contributed by atoms with Gasteiger partial charge in [-0.3, -0.25) is 9.67 Å². The zero-order chi connectivity index (χ0) is 14.8. The summed E-state index contributed by atoms with van der Waals surface area (Å²) in [6.07, 6.45) is 4.68. The molecule has 0 bridgehead atoms. The number of rotatable bonds is 4. The van der Waals surface area contributed by atoms with E-state index in [1.807, 2.05) is 19.2 Å². The summed E-state index contributed by atoms with van der Waals surface area (Å²) < 4.78 is 1.70. The molecule has 2 N–H and O–H groups in total. The van der Waals surface area contributed by atoms with Crippen LogP contribution in [0.4, 0.5) is 5.82 Å². The lowest BCUT2D eigenvalue weighted by atomic mass is 10.2. The number of hydrogen-bond donors (Lipinski definition) is 2. The highest BCUT2D eigenvalue weighted by Gasteiger charge is 2.13. The molecular formula is C14H16N6O. The summed E-state index contributed by atoms with van der Waals surface area (Å²) in [7, 11) is 1.83. The van der Waals surface area contributed by atoms with Gasteiger partial charge in [0.15, 0.2) is 11.5 Å². The summed E-state index contributed by atoms with van der Waals surface area (Å²) in [4.78, 5) is 13.2. The Kier molecular flexibility index (Phi) is 3.49. The summed E-state index contributed by atoms with van der Waals surface area (Å²) in [5.41, 5.74) is 1.57. The van der Waals surface area contributed by atoms with Crippen molar-refractivity contribution < 1.29 is 5.11 Å². The molecule has 0 aromatic carbocycles. The second-order valence-electron chi connectivity index (χ2n) is 4.87. The largest absolute Gasteiger partial charge is 0.392 e. The third kappa shape index (κ3) is 2.68. The molecule has 7 heteroatoms. The minimum absolute atomic E-state index is 0.410. The van der Waals surface area contributed by atoms with Crippen molar-refractivity contribution in [2.24, 2.45) is 7.05 Å². The van der Waals surface area contributed by atoms with E-state index < -0.39 is 6.10 Å². The van der Waals surface area contributed by atoms with E-state index in [0.717, 1.165) is 16.6 Å². The topological polar surface area (TPSA) is 88.8 Å². The van der Waals surface area contributed by atoms with E-state index in [1.54, 1.807) is 30.2 Å². The number of aliphatic hydroxyl groups is 1. The van der Waals surface area contributed by atoms with Crippen molar-refractivity contribution in [2.75, 3.05) is 11.9 Å². The lowest BCUT2D eigenvalue weighted by Crippen LogP contribution is -2.16. The van der Waals surface area contributed by atoms with E-state index in [9.17, 15) is 5.11 Å². The van der Waals surface area contributed by atoms with Gasteiger partial charge in [-0.15, -0.1) is 0 Å². The molecule has 0 unspecified atom stereocenters. The highest BCUT2D eigenvalue weighted by molar-refractivity contribution is 5.88. The Balaban J connectivity index is 2.11. The van der Waals surface area contributed by atoms with Crippen LogP contribution in [0, 0.1) is 0 Å². The summed E-state index contributed by atoms with van der Waals surface area (Å²) in [6.45, 7) is 2.13. The second kappa shape index (κ2) is 5.45. The molecule has 0 spiro atoms. The number of aliphatic hydroxyl groups excluding tert-OH is 1. The van der Waals surface area contributed by atoms with Crippen LogP contribution < -0.4 is 5.32 Å². The fourth-order valence-corrected chi connectivity index (χ4v) is 2.03. The number of pyridine rings is 1. The molecule has 0 saturated carbocycles. The van der Waals surface area contributed by atoms with Gasteiger partial charge in [-0.05, 0) is 19.1 Å². The Hall–Kier alpha value is -2.54. The van der Waals surface area contributed by atoms with Crippen LogP contribution in [-0.2, 0) is 7.05 Å². The van der Waals surface area contributed by atoms with Crippen LogP contribution in [0.5, 0.6) is 0 Å². The summed E-state index contributed by atoms with van der Waals surface area (Å²) in [5.74, 6) is 1.24. The van der Waals surface area contributed by atoms with E-state index in [2.05, 4.69) is 25.4 Å². The van der Waals surface area contributed by atoms with Crippen LogP contribution >= 0.6 is 0 Å². The minimum atomic E-state index is -0.464. The molecule has 0 aliphatic heterocycles. The predicted octanol–water partition coefficient (Wildman–Crippen LogP) is 1.22. The first-order valence-electron chi connectivity index (χ1n) is 6.67. The van der Waals surface area contributed by atoms with E-state index in [-0.39, 0.29) is 0 Å². The van der Waals surface area contributed by atoms with Crippen LogP contribution in [0.1, 0.15) is 6.92 Å². The monoisotopic (exact) mass is 284 g/mol. The molecular weight excluding hydrogens is 268 g/mol. The van der Waals surface area contributed by atoms with Gasteiger partial charge >= 0.3 is 0 Å². The van der Waals surface area contributed by atoms with E-state index in [0.29, 0.717) is 18.2 Å². The number of nitrogens with zero attached hydrogens (tertiary/aromatic N) is 5. The van der Waals surface area contributed by atoms with Gasteiger partial charge in [0.25, 0.3) is 0 Å². The summed E-state index contributed by atoms with van der Waals surface area (Å²) in [6, 6.07) is 3.75. The molecule has 0 radical (unpaired) electrons.